The Labute approximate surface area is 183 Å². The summed E-state index contributed by atoms with van der Waals surface area (Å²) in [7, 11) is 0. The van der Waals surface area contributed by atoms with E-state index in [0.29, 0.717) is 37.0 Å². The second-order valence-electron chi connectivity index (χ2n) is 7.17. The van der Waals surface area contributed by atoms with E-state index in [0.717, 1.165) is 4.90 Å². The van der Waals surface area contributed by atoms with Crippen molar-refractivity contribution in [1.82, 2.24) is 4.90 Å². The third kappa shape index (κ3) is 4.04. The van der Waals surface area contributed by atoms with E-state index in [1.807, 2.05) is 0 Å². The molecule has 0 spiro atoms. The van der Waals surface area contributed by atoms with Gasteiger partial charge in [0.25, 0.3) is 17.7 Å². The molecule has 0 aromatic heterocycles. The highest BCUT2D eigenvalue weighted by atomic mass is 35.5. The molecule has 2 aliphatic heterocycles. The fourth-order valence-electron chi connectivity index (χ4n) is 3.51. The molecule has 0 aliphatic carbocycles. The molecule has 31 heavy (non-hydrogen) atoms. The summed E-state index contributed by atoms with van der Waals surface area (Å²) in [6.45, 7) is 3.27. The van der Waals surface area contributed by atoms with E-state index < -0.39 is 23.9 Å². The number of carbonyl (C=O) groups is 4. The Morgan fingerprint density at radius 1 is 1.00 bits per heavy atom. The van der Waals surface area contributed by atoms with Gasteiger partial charge in [-0.2, -0.15) is 0 Å². The fraction of sp³-hybridized carbons (Fsp3) is 0.273. The molecule has 1 saturated heterocycles. The number of carbonyl (C=O) groups excluding carboxylic acids is 4. The molecule has 2 aromatic rings. The van der Waals surface area contributed by atoms with E-state index in [2.05, 4.69) is 0 Å². The highest BCUT2D eigenvalue weighted by molar-refractivity contribution is 6.35. The molecule has 1 atom stereocenters. The summed E-state index contributed by atoms with van der Waals surface area (Å²) in [6, 6.07) is 10.4. The number of halogens is 1. The third-order valence-corrected chi connectivity index (χ3v) is 5.41. The van der Waals surface area contributed by atoms with Gasteiger partial charge in [-0.3, -0.25) is 14.4 Å². The monoisotopic (exact) mass is 442 g/mol. The first-order valence-corrected chi connectivity index (χ1v) is 10.1. The first-order valence-electron chi connectivity index (χ1n) is 9.72. The zero-order chi connectivity index (χ0) is 22.1. The van der Waals surface area contributed by atoms with E-state index in [-0.39, 0.29) is 22.6 Å². The lowest BCUT2D eigenvalue weighted by Crippen LogP contribution is -2.46. The Bertz CT molecular complexity index is 1060. The van der Waals surface area contributed by atoms with Crippen molar-refractivity contribution in [1.29, 1.82) is 0 Å². The summed E-state index contributed by atoms with van der Waals surface area (Å²) in [4.78, 5) is 53.2. The van der Waals surface area contributed by atoms with Gasteiger partial charge in [-0.15, -0.1) is 0 Å². The molecule has 0 radical (unpaired) electrons. The molecule has 8 nitrogen and oxygen atoms in total. The van der Waals surface area contributed by atoms with E-state index in [4.69, 9.17) is 21.1 Å². The van der Waals surface area contributed by atoms with Crippen LogP contribution in [-0.2, 0) is 14.3 Å². The van der Waals surface area contributed by atoms with Crippen LogP contribution in [0.3, 0.4) is 0 Å². The van der Waals surface area contributed by atoms with Crippen LogP contribution in [0.1, 0.15) is 38.0 Å². The van der Waals surface area contributed by atoms with Crippen molar-refractivity contribution in [2.45, 2.75) is 13.0 Å². The van der Waals surface area contributed by atoms with Crippen molar-refractivity contribution in [3.05, 3.63) is 64.2 Å². The third-order valence-electron chi connectivity index (χ3n) is 5.16. The number of nitrogens with zero attached hydrogens (tertiary/aromatic N) is 2. The number of fused-ring (bicyclic) bond motifs is 1. The Morgan fingerprint density at radius 3 is 2.32 bits per heavy atom. The summed E-state index contributed by atoms with van der Waals surface area (Å²) < 4.78 is 10.5. The molecule has 0 bridgehead atoms. The van der Waals surface area contributed by atoms with Crippen LogP contribution in [0.5, 0.6) is 0 Å². The second-order valence-corrected chi connectivity index (χ2v) is 7.60. The van der Waals surface area contributed by atoms with Gasteiger partial charge in [0.2, 0.25) is 0 Å². The van der Waals surface area contributed by atoms with Gasteiger partial charge in [-0.25, -0.2) is 9.69 Å². The number of rotatable bonds is 4. The number of esters is 1. The summed E-state index contributed by atoms with van der Waals surface area (Å²) in [6.07, 6.45) is -0.984. The van der Waals surface area contributed by atoms with Crippen LogP contribution in [0.2, 0.25) is 5.02 Å². The summed E-state index contributed by atoms with van der Waals surface area (Å²) in [5.41, 5.74) is 0.749. The van der Waals surface area contributed by atoms with E-state index >= 15 is 0 Å². The van der Waals surface area contributed by atoms with E-state index in [1.165, 1.54) is 25.1 Å². The average Bonchev–Trinajstić information content (AvgIpc) is 3.04. The van der Waals surface area contributed by atoms with Crippen molar-refractivity contribution in [2.24, 2.45) is 0 Å². The first kappa shape index (κ1) is 21.0. The topological polar surface area (TPSA) is 93.2 Å². The fourth-order valence-corrected chi connectivity index (χ4v) is 3.64. The maximum atomic E-state index is 12.9. The van der Waals surface area contributed by atoms with Gasteiger partial charge in [0.05, 0.1) is 35.6 Å². The van der Waals surface area contributed by atoms with Gasteiger partial charge >= 0.3 is 5.97 Å². The number of anilines is 1. The predicted molar refractivity (Wildman–Crippen MR) is 111 cm³/mol. The van der Waals surface area contributed by atoms with E-state index in [9.17, 15) is 19.2 Å². The van der Waals surface area contributed by atoms with Crippen molar-refractivity contribution in [2.75, 3.05) is 31.2 Å². The molecular weight excluding hydrogens is 424 g/mol. The number of hydrogen-bond acceptors (Lipinski definition) is 6. The number of benzene rings is 2. The minimum Gasteiger partial charge on any atom is -0.449 e. The van der Waals surface area contributed by atoms with Crippen LogP contribution in [0.25, 0.3) is 0 Å². The molecular formula is C22H19ClN2O6. The van der Waals surface area contributed by atoms with Crippen LogP contribution in [0.15, 0.2) is 42.5 Å². The number of hydrogen-bond donors (Lipinski definition) is 0. The van der Waals surface area contributed by atoms with Gasteiger partial charge in [0.15, 0.2) is 6.10 Å². The lowest BCUT2D eigenvalue weighted by molar-refractivity contribution is -0.143. The standard InChI is InChI=1S/C22H19ClN2O6/c1-13(19(26)24-8-10-30-11-9-24)31-22(29)14-2-7-17-18(12-14)21(28)25(20(17)27)16-5-3-15(23)4-6-16/h2-7,12-13H,8-11H2,1H3. The van der Waals surface area contributed by atoms with Crippen molar-refractivity contribution in [3.63, 3.8) is 0 Å². The predicted octanol–water partition coefficient (Wildman–Crippen LogP) is 2.54. The van der Waals surface area contributed by atoms with Crippen LogP contribution < -0.4 is 4.90 Å². The lowest BCUT2D eigenvalue weighted by Gasteiger charge is -2.28. The molecule has 0 N–H and O–H groups in total. The smallest absolute Gasteiger partial charge is 0.338 e. The summed E-state index contributed by atoms with van der Waals surface area (Å²) >= 11 is 5.88. The molecule has 1 fully saturated rings. The van der Waals surface area contributed by atoms with E-state index in [1.54, 1.807) is 29.2 Å². The number of ether oxygens (including phenoxy) is 2. The number of amides is 3. The molecule has 2 aliphatic rings. The Kier molecular flexibility index (Phi) is 5.75. The minimum atomic E-state index is -0.984. The molecule has 160 valence electrons. The summed E-state index contributed by atoms with van der Waals surface area (Å²) in [5, 5.41) is 0.478. The maximum absolute atomic E-state index is 12.9. The Morgan fingerprint density at radius 2 is 1.65 bits per heavy atom. The van der Waals surface area contributed by atoms with Crippen molar-refractivity contribution < 1.29 is 28.7 Å². The molecule has 9 heteroatoms. The number of morpholine rings is 1. The summed E-state index contributed by atoms with van der Waals surface area (Å²) in [5.74, 6) is -2.09. The second kappa shape index (κ2) is 8.49. The molecule has 0 saturated carbocycles. The Hall–Kier alpha value is -3.23. The van der Waals surface area contributed by atoms with Crippen LogP contribution >= 0.6 is 11.6 Å². The van der Waals surface area contributed by atoms with Crippen LogP contribution in [0, 0.1) is 0 Å². The quantitative estimate of drug-likeness (QED) is 0.533. The molecule has 4 rings (SSSR count). The Balaban J connectivity index is 1.50. The minimum absolute atomic E-state index is 0.0829. The highest BCUT2D eigenvalue weighted by Crippen LogP contribution is 2.30. The molecule has 2 heterocycles. The van der Waals surface area contributed by atoms with Crippen LogP contribution in [0.4, 0.5) is 5.69 Å². The number of imide groups is 1. The zero-order valence-corrected chi connectivity index (χ0v) is 17.4. The van der Waals surface area contributed by atoms with Gasteiger partial charge in [-0.1, -0.05) is 11.6 Å². The molecule has 3 amide bonds. The average molecular weight is 443 g/mol. The first-order chi connectivity index (χ1) is 14.9. The van der Waals surface area contributed by atoms with Gasteiger partial charge in [0, 0.05) is 18.1 Å². The van der Waals surface area contributed by atoms with Gasteiger partial charge in [0.1, 0.15) is 0 Å². The van der Waals surface area contributed by atoms with Crippen molar-refractivity contribution >= 4 is 41.0 Å². The maximum Gasteiger partial charge on any atom is 0.338 e. The zero-order valence-electron chi connectivity index (χ0n) is 16.7. The van der Waals surface area contributed by atoms with Gasteiger partial charge in [-0.05, 0) is 49.4 Å². The SMILES string of the molecule is CC(OC(=O)c1ccc2c(c1)C(=O)N(c1ccc(Cl)cc1)C2=O)C(=O)N1CCOCC1. The largest absolute Gasteiger partial charge is 0.449 e. The normalized spacial score (nSPS) is 16.8. The molecule has 1 unspecified atom stereocenters. The lowest BCUT2D eigenvalue weighted by atomic mass is 10.1. The van der Waals surface area contributed by atoms with Crippen molar-refractivity contribution in [3.8, 4) is 0 Å². The van der Waals surface area contributed by atoms with Gasteiger partial charge < -0.3 is 14.4 Å². The highest BCUT2D eigenvalue weighted by Gasteiger charge is 2.37. The van der Waals surface area contributed by atoms with Crippen LogP contribution in [-0.4, -0.2) is 61.0 Å². The molecule has 2 aromatic carbocycles.